The minimum absolute atomic E-state index is 0.0545. The summed E-state index contributed by atoms with van der Waals surface area (Å²) in [5.41, 5.74) is 0. The Balaban J connectivity index is 2.17. The summed E-state index contributed by atoms with van der Waals surface area (Å²) in [7, 11) is 3.66. The second kappa shape index (κ2) is 6.03. The molecule has 1 N–H and O–H groups in total. The molecule has 0 spiro atoms. The van der Waals surface area contributed by atoms with Gasteiger partial charge in [0, 0.05) is 49.5 Å². The molecule has 106 valence electrons. The topological polar surface area (TPSA) is 35.6 Å². The molecule has 1 fully saturated rings. The zero-order chi connectivity index (χ0) is 14.0. The number of hydrogen-bond donors (Lipinski definition) is 1. The van der Waals surface area contributed by atoms with Gasteiger partial charge in [-0.3, -0.25) is 9.69 Å². The second-order valence-electron chi connectivity index (χ2n) is 5.31. The summed E-state index contributed by atoms with van der Waals surface area (Å²) in [6.45, 7) is 6.94. The molecule has 5 heteroatoms. The van der Waals surface area contributed by atoms with Crippen LogP contribution >= 0.6 is 11.3 Å². The van der Waals surface area contributed by atoms with Crippen molar-refractivity contribution in [1.82, 2.24) is 15.1 Å². The van der Waals surface area contributed by atoms with Gasteiger partial charge in [0.05, 0.1) is 0 Å². The number of aryl methyl sites for hydroxylation is 1. The molecule has 0 aliphatic carbocycles. The molecule has 1 aromatic heterocycles. The van der Waals surface area contributed by atoms with E-state index in [-0.39, 0.29) is 11.9 Å². The van der Waals surface area contributed by atoms with Crippen molar-refractivity contribution in [2.75, 3.05) is 33.7 Å². The number of carbonyl (C=O) groups excluding carboxylic acids is 1. The number of rotatable bonds is 3. The number of carbonyl (C=O) groups is 1. The molecule has 2 heterocycles. The van der Waals surface area contributed by atoms with Gasteiger partial charge in [0.25, 0.3) is 0 Å². The van der Waals surface area contributed by atoms with Crippen LogP contribution in [0, 0.1) is 6.92 Å². The van der Waals surface area contributed by atoms with Crippen LogP contribution in [0.3, 0.4) is 0 Å². The highest BCUT2D eigenvalue weighted by atomic mass is 32.1. The molecule has 1 aliphatic rings. The number of nitrogens with zero attached hydrogens (tertiary/aromatic N) is 2. The van der Waals surface area contributed by atoms with Gasteiger partial charge in [0.1, 0.15) is 6.04 Å². The van der Waals surface area contributed by atoms with Crippen molar-refractivity contribution in [3.8, 4) is 0 Å². The Morgan fingerprint density at radius 1 is 1.53 bits per heavy atom. The predicted molar refractivity (Wildman–Crippen MR) is 79.5 cm³/mol. The zero-order valence-corrected chi connectivity index (χ0v) is 13.0. The quantitative estimate of drug-likeness (QED) is 0.911. The van der Waals surface area contributed by atoms with E-state index >= 15 is 0 Å². The Morgan fingerprint density at radius 3 is 2.84 bits per heavy atom. The monoisotopic (exact) mass is 281 g/mol. The van der Waals surface area contributed by atoms with Gasteiger partial charge in [0.2, 0.25) is 5.91 Å². The van der Waals surface area contributed by atoms with E-state index in [2.05, 4.69) is 36.2 Å². The fourth-order valence-electron chi connectivity index (χ4n) is 2.55. The van der Waals surface area contributed by atoms with Crippen molar-refractivity contribution in [2.24, 2.45) is 0 Å². The first-order valence-corrected chi connectivity index (χ1v) is 7.56. The van der Waals surface area contributed by atoms with Crippen molar-refractivity contribution < 1.29 is 4.79 Å². The van der Waals surface area contributed by atoms with E-state index in [1.54, 1.807) is 4.90 Å². The predicted octanol–water partition coefficient (Wildman–Crippen LogP) is 1.48. The molecular weight excluding hydrogens is 258 g/mol. The van der Waals surface area contributed by atoms with Gasteiger partial charge in [-0.05, 0) is 26.0 Å². The molecule has 19 heavy (non-hydrogen) atoms. The molecule has 1 aromatic rings. The van der Waals surface area contributed by atoms with Crippen LogP contribution in [0.15, 0.2) is 12.1 Å². The van der Waals surface area contributed by atoms with Crippen LogP contribution in [0.25, 0.3) is 0 Å². The molecule has 0 saturated carbocycles. The highest BCUT2D eigenvalue weighted by molar-refractivity contribution is 7.12. The van der Waals surface area contributed by atoms with E-state index in [4.69, 9.17) is 0 Å². The van der Waals surface area contributed by atoms with Crippen molar-refractivity contribution in [3.05, 3.63) is 21.9 Å². The van der Waals surface area contributed by atoms with E-state index in [0.717, 1.165) is 19.6 Å². The molecule has 2 unspecified atom stereocenters. The molecule has 2 atom stereocenters. The van der Waals surface area contributed by atoms with Gasteiger partial charge in [0.15, 0.2) is 0 Å². The first kappa shape index (κ1) is 14.5. The first-order chi connectivity index (χ1) is 9.00. The summed E-state index contributed by atoms with van der Waals surface area (Å²) in [6.07, 6.45) is 0. The summed E-state index contributed by atoms with van der Waals surface area (Å²) < 4.78 is 0. The van der Waals surface area contributed by atoms with E-state index in [9.17, 15) is 4.79 Å². The lowest BCUT2D eigenvalue weighted by Crippen LogP contribution is -2.57. The van der Waals surface area contributed by atoms with Crippen molar-refractivity contribution in [1.29, 1.82) is 0 Å². The van der Waals surface area contributed by atoms with Crippen molar-refractivity contribution in [2.45, 2.75) is 25.9 Å². The highest BCUT2D eigenvalue weighted by Crippen LogP contribution is 2.29. The van der Waals surface area contributed by atoms with Gasteiger partial charge in [-0.25, -0.2) is 0 Å². The molecule has 2 rings (SSSR count). The van der Waals surface area contributed by atoms with Crippen LogP contribution in [0.2, 0.25) is 0 Å². The average Bonchev–Trinajstić information content (AvgIpc) is 2.83. The van der Waals surface area contributed by atoms with Crippen LogP contribution in [0.4, 0.5) is 0 Å². The second-order valence-corrected chi connectivity index (χ2v) is 6.63. The lowest BCUT2D eigenvalue weighted by atomic mass is 10.1. The Kier molecular flexibility index (Phi) is 4.60. The van der Waals surface area contributed by atoms with Crippen LogP contribution in [-0.2, 0) is 4.79 Å². The van der Waals surface area contributed by atoms with Crippen molar-refractivity contribution in [3.63, 3.8) is 0 Å². The van der Waals surface area contributed by atoms with E-state index in [1.807, 2.05) is 25.4 Å². The fourth-order valence-corrected chi connectivity index (χ4v) is 3.50. The normalized spacial score (nSPS) is 22.2. The average molecular weight is 281 g/mol. The minimum atomic E-state index is -0.0545. The van der Waals surface area contributed by atoms with Gasteiger partial charge >= 0.3 is 0 Å². The summed E-state index contributed by atoms with van der Waals surface area (Å²) in [5, 5.41) is 3.33. The number of piperazine rings is 1. The maximum absolute atomic E-state index is 12.3. The third kappa shape index (κ3) is 3.16. The molecule has 0 bridgehead atoms. The summed E-state index contributed by atoms with van der Waals surface area (Å²) in [6, 6.07) is 4.58. The zero-order valence-electron chi connectivity index (χ0n) is 12.1. The van der Waals surface area contributed by atoms with Crippen LogP contribution in [-0.4, -0.2) is 55.5 Å². The minimum Gasteiger partial charge on any atom is -0.347 e. The Labute approximate surface area is 119 Å². The molecule has 1 saturated heterocycles. The first-order valence-electron chi connectivity index (χ1n) is 6.74. The fraction of sp³-hybridized carbons (Fsp3) is 0.643. The van der Waals surface area contributed by atoms with E-state index < -0.39 is 0 Å². The third-order valence-corrected chi connectivity index (χ3v) is 4.85. The standard InChI is InChI=1S/C14H23N3OS/c1-10-5-6-13(19-10)11(2)17-8-7-15-9-12(17)14(18)16(3)4/h5-6,11-12,15H,7-9H2,1-4H3. The third-order valence-electron chi connectivity index (χ3n) is 3.68. The number of likely N-dealkylation sites (N-methyl/N-ethyl adjacent to an activating group) is 1. The van der Waals surface area contributed by atoms with E-state index in [1.165, 1.54) is 9.75 Å². The SMILES string of the molecule is Cc1ccc(C(C)N2CCNCC2C(=O)N(C)C)s1. The molecule has 1 aliphatic heterocycles. The molecule has 0 aromatic carbocycles. The lowest BCUT2D eigenvalue weighted by Gasteiger charge is -2.39. The van der Waals surface area contributed by atoms with Gasteiger partial charge < -0.3 is 10.2 Å². The summed E-state index contributed by atoms with van der Waals surface area (Å²) in [4.78, 5) is 19.0. The molecule has 1 amide bonds. The Bertz CT molecular complexity index is 444. The van der Waals surface area contributed by atoms with E-state index in [0.29, 0.717) is 6.04 Å². The Morgan fingerprint density at radius 2 is 2.26 bits per heavy atom. The summed E-state index contributed by atoms with van der Waals surface area (Å²) in [5.74, 6) is 0.187. The van der Waals surface area contributed by atoms with Gasteiger partial charge in [-0.1, -0.05) is 0 Å². The Hall–Kier alpha value is -0.910. The number of thiophene rings is 1. The van der Waals surface area contributed by atoms with Crippen LogP contribution in [0.1, 0.15) is 22.7 Å². The van der Waals surface area contributed by atoms with Gasteiger partial charge in [-0.2, -0.15) is 0 Å². The molecule has 4 nitrogen and oxygen atoms in total. The summed E-state index contributed by atoms with van der Waals surface area (Å²) >= 11 is 1.82. The smallest absolute Gasteiger partial charge is 0.240 e. The van der Waals surface area contributed by atoms with Crippen LogP contribution in [0.5, 0.6) is 0 Å². The highest BCUT2D eigenvalue weighted by Gasteiger charge is 2.33. The molecular formula is C14H23N3OS. The lowest BCUT2D eigenvalue weighted by molar-refractivity contribution is -0.136. The van der Waals surface area contributed by atoms with Crippen molar-refractivity contribution >= 4 is 17.2 Å². The number of amides is 1. The maximum atomic E-state index is 12.3. The largest absolute Gasteiger partial charge is 0.347 e. The van der Waals surface area contributed by atoms with Crippen LogP contribution < -0.4 is 5.32 Å². The van der Waals surface area contributed by atoms with Gasteiger partial charge in [-0.15, -0.1) is 11.3 Å². The number of hydrogen-bond acceptors (Lipinski definition) is 4. The molecule has 0 radical (unpaired) electrons. The number of nitrogens with one attached hydrogen (secondary N) is 1. The maximum Gasteiger partial charge on any atom is 0.240 e.